The molecule has 3 nitrogen and oxygen atoms in total. The summed E-state index contributed by atoms with van der Waals surface area (Å²) in [5.41, 5.74) is 2.47. The average molecular weight is 192 g/mol. The van der Waals surface area contributed by atoms with Crippen molar-refractivity contribution < 1.29 is 5.11 Å². The lowest BCUT2D eigenvalue weighted by Crippen LogP contribution is -2.47. The Hall–Kier alpha value is -0.930. The van der Waals surface area contributed by atoms with E-state index in [1.807, 2.05) is 12.3 Å². The molecule has 0 radical (unpaired) electrons. The molecule has 2 N–H and O–H groups in total. The lowest BCUT2D eigenvalue weighted by molar-refractivity contribution is 0.0492. The van der Waals surface area contributed by atoms with Gasteiger partial charge >= 0.3 is 0 Å². The monoisotopic (exact) mass is 192 g/mol. The maximum atomic E-state index is 9.38. The molecule has 2 atom stereocenters. The molecule has 0 aromatic carbocycles. The van der Waals surface area contributed by atoms with E-state index in [9.17, 15) is 5.11 Å². The van der Waals surface area contributed by atoms with Crippen LogP contribution in [0.2, 0.25) is 0 Å². The van der Waals surface area contributed by atoms with Gasteiger partial charge in [0.15, 0.2) is 0 Å². The van der Waals surface area contributed by atoms with Crippen molar-refractivity contribution >= 4 is 0 Å². The third kappa shape index (κ3) is 1.94. The molecular weight excluding hydrogens is 176 g/mol. The summed E-state index contributed by atoms with van der Waals surface area (Å²) < 4.78 is 0. The number of aromatic nitrogens is 1. The maximum Gasteiger partial charge on any atom is 0.0693 e. The van der Waals surface area contributed by atoms with Crippen LogP contribution in [0.25, 0.3) is 0 Å². The van der Waals surface area contributed by atoms with Gasteiger partial charge in [-0.1, -0.05) is 0 Å². The molecule has 0 unspecified atom stereocenters. The molecule has 0 aliphatic heterocycles. The number of hydrogen-bond donors (Lipinski definition) is 2. The van der Waals surface area contributed by atoms with E-state index < -0.39 is 0 Å². The molecule has 1 fully saturated rings. The van der Waals surface area contributed by atoms with Crippen molar-refractivity contribution in [3.05, 3.63) is 29.6 Å². The number of aliphatic hydroxyl groups excluding tert-OH is 1. The molecule has 1 aromatic rings. The third-order valence-corrected chi connectivity index (χ3v) is 2.94. The highest BCUT2D eigenvalue weighted by Gasteiger charge is 2.27. The van der Waals surface area contributed by atoms with E-state index in [0.717, 1.165) is 19.4 Å². The SMILES string of the molecule is Cc1ccncc1CN[C@@H]1CC[C@H]1O. The summed E-state index contributed by atoms with van der Waals surface area (Å²) in [4.78, 5) is 4.08. The molecule has 76 valence electrons. The van der Waals surface area contributed by atoms with Crippen molar-refractivity contribution in [3.63, 3.8) is 0 Å². The van der Waals surface area contributed by atoms with Crippen molar-refractivity contribution in [2.75, 3.05) is 0 Å². The van der Waals surface area contributed by atoms with Gasteiger partial charge in [-0.25, -0.2) is 0 Å². The van der Waals surface area contributed by atoms with E-state index in [0.29, 0.717) is 0 Å². The number of rotatable bonds is 3. The first-order valence-electron chi connectivity index (χ1n) is 5.08. The van der Waals surface area contributed by atoms with Crippen molar-refractivity contribution in [3.8, 4) is 0 Å². The second-order valence-electron chi connectivity index (χ2n) is 3.93. The number of aliphatic hydroxyl groups is 1. The highest BCUT2D eigenvalue weighted by Crippen LogP contribution is 2.19. The van der Waals surface area contributed by atoms with Crippen LogP contribution in [-0.4, -0.2) is 22.2 Å². The maximum absolute atomic E-state index is 9.38. The van der Waals surface area contributed by atoms with Crippen molar-refractivity contribution in [1.29, 1.82) is 0 Å². The van der Waals surface area contributed by atoms with Crippen LogP contribution in [0, 0.1) is 6.92 Å². The fourth-order valence-electron chi connectivity index (χ4n) is 1.64. The quantitative estimate of drug-likeness (QED) is 0.751. The lowest BCUT2D eigenvalue weighted by Gasteiger charge is -2.33. The van der Waals surface area contributed by atoms with Crippen LogP contribution in [0.5, 0.6) is 0 Å². The van der Waals surface area contributed by atoms with E-state index in [1.54, 1.807) is 6.20 Å². The van der Waals surface area contributed by atoms with Gasteiger partial charge in [0.2, 0.25) is 0 Å². The highest BCUT2D eigenvalue weighted by molar-refractivity contribution is 5.21. The Kier molecular flexibility index (Phi) is 2.79. The molecule has 3 heteroatoms. The molecule has 0 bridgehead atoms. The molecule has 0 amide bonds. The van der Waals surface area contributed by atoms with E-state index in [4.69, 9.17) is 0 Å². The third-order valence-electron chi connectivity index (χ3n) is 2.94. The highest BCUT2D eigenvalue weighted by atomic mass is 16.3. The first-order valence-corrected chi connectivity index (χ1v) is 5.08. The molecule has 0 saturated heterocycles. The molecule has 2 rings (SSSR count). The summed E-state index contributed by atoms with van der Waals surface area (Å²) in [6.07, 6.45) is 5.56. The van der Waals surface area contributed by atoms with Gasteiger partial charge in [0.1, 0.15) is 0 Å². The molecule has 1 heterocycles. The van der Waals surface area contributed by atoms with E-state index in [2.05, 4.69) is 17.2 Å². The predicted octanol–water partition coefficient (Wildman–Crippen LogP) is 1.00. The molecule has 1 aromatic heterocycles. The first kappa shape index (κ1) is 9.62. The predicted molar refractivity (Wildman–Crippen MR) is 54.8 cm³/mol. The Labute approximate surface area is 84.2 Å². The smallest absolute Gasteiger partial charge is 0.0693 e. The van der Waals surface area contributed by atoms with Gasteiger partial charge in [0.25, 0.3) is 0 Å². The Morgan fingerprint density at radius 2 is 2.43 bits per heavy atom. The Morgan fingerprint density at radius 3 is 3.00 bits per heavy atom. The summed E-state index contributed by atoms with van der Waals surface area (Å²) in [5.74, 6) is 0. The molecule has 1 aliphatic rings. The van der Waals surface area contributed by atoms with Crippen molar-refractivity contribution in [2.45, 2.75) is 38.5 Å². The van der Waals surface area contributed by atoms with Crippen LogP contribution in [0.15, 0.2) is 18.5 Å². The zero-order valence-electron chi connectivity index (χ0n) is 8.40. The minimum atomic E-state index is -0.146. The molecule has 0 spiro atoms. The number of nitrogens with zero attached hydrogens (tertiary/aromatic N) is 1. The van der Waals surface area contributed by atoms with Gasteiger partial charge in [-0.05, 0) is 37.0 Å². The first-order chi connectivity index (χ1) is 6.77. The fraction of sp³-hybridized carbons (Fsp3) is 0.545. The van der Waals surface area contributed by atoms with Crippen LogP contribution in [0.3, 0.4) is 0 Å². The van der Waals surface area contributed by atoms with E-state index in [1.165, 1.54) is 11.1 Å². The van der Waals surface area contributed by atoms with Crippen LogP contribution in [0.4, 0.5) is 0 Å². The standard InChI is InChI=1S/C11H16N2O/c1-8-4-5-12-6-9(8)7-13-10-2-3-11(10)14/h4-6,10-11,13-14H,2-3,7H2,1H3/t10-,11-/m1/s1. The summed E-state index contributed by atoms with van der Waals surface area (Å²) >= 11 is 0. The molecule has 1 aliphatic carbocycles. The minimum absolute atomic E-state index is 0.146. The zero-order chi connectivity index (χ0) is 9.97. The Bertz CT molecular complexity index is 314. The van der Waals surface area contributed by atoms with Crippen molar-refractivity contribution in [1.82, 2.24) is 10.3 Å². The second-order valence-corrected chi connectivity index (χ2v) is 3.93. The van der Waals surface area contributed by atoms with Crippen LogP contribution in [0.1, 0.15) is 24.0 Å². The van der Waals surface area contributed by atoms with Crippen LogP contribution in [-0.2, 0) is 6.54 Å². The normalized spacial score (nSPS) is 25.9. The molecular formula is C11H16N2O. The van der Waals surface area contributed by atoms with Crippen LogP contribution < -0.4 is 5.32 Å². The fourth-order valence-corrected chi connectivity index (χ4v) is 1.64. The number of aryl methyl sites for hydroxylation is 1. The number of pyridine rings is 1. The van der Waals surface area contributed by atoms with Gasteiger partial charge < -0.3 is 10.4 Å². The van der Waals surface area contributed by atoms with Gasteiger partial charge in [-0.2, -0.15) is 0 Å². The average Bonchev–Trinajstić information content (AvgIpc) is 2.19. The van der Waals surface area contributed by atoms with E-state index >= 15 is 0 Å². The lowest BCUT2D eigenvalue weighted by atomic mass is 9.89. The van der Waals surface area contributed by atoms with Gasteiger partial charge in [-0.15, -0.1) is 0 Å². The molecule has 14 heavy (non-hydrogen) atoms. The Morgan fingerprint density at radius 1 is 1.57 bits per heavy atom. The topological polar surface area (TPSA) is 45.2 Å². The summed E-state index contributed by atoms with van der Waals surface area (Å²) in [6, 6.07) is 2.29. The van der Waals surface area contributed by atoms with Gasteiger partial charge in [-0.3, -0.25) is 4.98 Å². The minimum Gasteiger partial charge on any atom is -0.392 e. The van der Waals surface area contributed by atoms with Gasteiger partial charge in [0, 0.05) is 25.0 Å². The van der Waals surface area contributed by atoms with Gasteiger partial charge in [0.05, 0.1) is 6.10 Å². The largest absolute Gasteiger partial charge is 0.392 e. The van der Waals surface area contributed by atoms with Crippen molar-refractivity contribution in [2.24, 2.45) is 0 Å². The van der Waals surface area contributed by atoms with E-state index in [-0.39, 0.29) is 12.1 Å². The Balaban J connectivity index is 1.88. The summed E-state index contributed by atoms with van der Waals surface area (Å²) in [7, 11) is 0. The number of hydrogen-bond acceptors (Lipinski definition) is 3. The van der Waals surface area contributed by atoms with Crippen LogP contribution >= 0.6 is 0 Å². The summed E-state index contributed by atoms with van der Waals surface area (Å²) in [5, 5.41) is 12.7. The number of nitrogens with one attached hydrogen (secondary N) is 1. The second kappa shape index (κ2) is 4.07. The zero-order valence-corrected chi connectivity index (χ0v) is 8.40. The molecule has 1 saturated carbocycles. The summed E-state index contributed by atoms with van der Waals surface area (Å²) in [6.45, 7) is 2.89.